The van der Waals surface area contributed by atoms with Crippen LogP contribution in [-0.4, -0.2) is 46.9 Å². The van der Waals surface area contributed by atoms with Crippen molar-refractivity contribution in [2.45, 2.75) is 13.0 Å². The number of ether oxygens (including phenoxy) is 2. The Morgan fingerprint density at radius 1 is 1.21 bits per heavy atom. The summed E-state index contributed by atoms with van der Waals surface area (Å²) in [7, 11) is -2.37. The fraction of sp³-hybridized carbons (Fsp3) is 0.316. The standard InChI is InChI=1S/C19H23ClN2O5S/c1-14(19(23)21-11-12-27-16-7-5-4-6-8-16)22(28(3,24)25)17-13-15(20)9-10-18(17)26-2/h4-10,13-14H,11-12H2,1-3H3,(H,21,23). The number of amides is 1. The normalized spacial score (nSPS) is 12.1. The van der Waals surface area contributed by atoms with Crippen molar-refractivity contribution in [1.82, 2.24) is 5.32 Å². The van der Waals surface area contributed by atoms with Crippen LogP contribution in [0.1, 0.15) is 6.92 Å². The Morgan fingerprint density at radius 3 is 2.50 bits per heavy atom. The van der Waals surface area contributed by atoms with Crippen LogP contribution in [0.2, 0.25) is 5.02 Å². The highest BCUT2D eigenvalue weighted by Gasteiger charge is 2.31. The molecule has 2 aromatic rings. The maximum atomic E-state index is 12.6. The lowest BCUT2D eigenvalue weighted by atomic mass is 10.2. The molecule has 0 spiro atoms. The van der Waals surface area contributed by atoms with E-state index in [4.69, 9.17) is 21.1 Å². The molecule has 152 valence electrons. The van der Waals surface area contributed by atoms with Crippen LogP contribution in [-0.2, 0) is 14.8 Å². The molecule has 0 saturated heterocycles. The number of carbonyl (C=O) groups excluding carboxylic acids is 1. The topological polar surface area (TPSA) is 84.9 Å². The molecule has 2 rings (SSSR count). The molecule has 0 aliphatic rings. The number of hydrogen-bond acceptors (Lipinski definition) is 5. The largest absolute Gasteiger partial charge is 0.495 e. The molecule has 28 heavy (non-hydrogen) atoms. The summed E-state index contributed by atoms with van der Waals surface area (Å²) in [6, 6.07) is 12.7. The van der Waals surface area contributed by atoms with Gasteiger partial charge in [0.1, 0.15) is 24.1 Å². The number of nitrogens with zero attached hydrogens (tertiary/aromatic N) is 1. The van der Waals surface area contributed by atoms with Crippen LogP contribution in [0, 0.1) is 0 Å². The maximum absolute atomic E-state index is 12.6. The van der Waals surface area contributed by atoms with Gasteiger partial charge in [0.05, 0.1) is 25.6 Å². The third kappa shape index (κ3) is 5.77. The van der Waals surface area contributed by atoms with Crippen LogP contribution in [0.15, 0.2) is 48.5 Å². The fourth-order valence-electron chi connectivity index (χ4n) is 2.62. The zero-order valence-corrected chi connectivity index (χ0v) is 17.5. The number of nitrogens with one attached hydrogen (secondary N) is 1. The number of sulfonamides is 1. The minimum atomic E-state index is -3.78. The molecule has 0 bridgehead atoms. The van der Waals surface area contributed by atoms with Gasteiger partial charge in [0.2, 0.25) is 15.9 Å². The Balaban J connectivity index is 2.09. The quantitative estimate of drug-likeness (QED) is 0.623. The minimum Gasteiger partial charge on any atom is -0.495 e. The van der Waals surface area contributed by atoms with E-state index in [2.05, 4.69) is 5.32 Å². The molecule has 0 fully saturated rings. The van der Waals surface area contributed by atoms with Gasteiger partial charge in [0, 0.05) is 5.02 Å². The number of halogens is 1. The second kappa shape index (κ2) is 9.66. The van der Waals surface area contributed by atoms with E-state index < -0.39 is 22.0 Å². The summed E-state index contributed by atoms with van der Waals surface area (Å²) in [4.78, 5) is 12.6. The predicted octanol–water partition coefficient (Wildman–Crippen LogP) is 2.70. The highest BCUT2D eigenvalue weighted by Crippen LogP contribution is 2.34. The van der Waals surface area contributed by atoms with Crippen molar-refractivity contribution in [3.8, 4) is 11.5 Å². The second-order valence-electron chi connectivity index (χ2n) is 6.00. The molecule has 1 amide bonds. The molecule has 0 aliphatic carbocycles. The van der Waals surface area contributed by atoms with Gasteiger partial charge in [-0.2, -0.15) is 0 Å². The van der Waals surface area contributed by atoms with Gasteiger partial charge in [-0.1, -0.05) is 29.8 Å². The van der Waals surface area contributed by atoms with Gasteiger partial charge in [0.25, 0.3) is 0 Å². The van der Waals surface area contributed by atoms with E-state index in [0.717, 1.165) is 10.6 Å². The molecule has 1 N–H and O–H groups in total. The predicted molar refractivity (Wildman–Crippen MR) is 110 cm³/mol. The molecule has 7 nitrogen and oxygen atoms in total. The van der Waals surface area contributed by atoms with E-state index in [-0.39, 0.29) is 18.8 Å². The van der Waals surface area contributed by atoms with Crippen molar-refractivity contribution in [3.63, 3.8) is 0 Å². The molecule has 1 unspecified atom stereocenters. The number of benzene rings is 2. The van der Waals surface area contributed by atoms with E-state index in [1.165, 1.54) is 20.1 Å². The van der Waals surface area contributed by atoms with Crippen LogP contribution in [0.5, 0.6) is 11.5 Å². The molecule has 9 heteroatoms. The number of anilines is 1. The first-order valence-electron chi connectivity index (χ1n) is 8.52. The minimum absolute atomic E-state index is 0.195. The van der Waals surface area contributed by atoms with Crippen LogP contribution < -0.4 is 19.1 Å². The summed E-state index contributed by atoms with van der Waals surface area (Å²) in [6.45, 7) is 1.97. The average Bonchev–Trinajstić information content (AvgIpc) is 2.65. The Labute approximate surface area is 170 Å². The lowest BCUT2D eigenvalue weighted by Gasteiger charge is -2.29. The summed E-state index contributed by atoms with van der Waals surface area (Å²) < 4.78 is 36.5. The van der Waals surface area contributed by atoms with Gasteiger partial charge < -0.3 is 14.8 Å². The van der Waals surface area contributed by atoms with Gasteiger partial charge in [0.15, 0.2) is 0 Å². The van der Waals surface area contributed by atoms with E-state index in [1.54, 1.807) is 24.3 Å². The summed E-state index contributed by atoms with van der Waals surface area (Å²) in [5.74, 6) is 0.511. The van der Waals surface area contributed by atoms with Crippen molar-refractivity contribution < 1.29 is 22.7 Å². The Morgan fingerprint density at radius 2 is 1.89 bits per heavy atom. The Bertz CT molecular complexity index is 906. The van der Waals surface area contributed by atoms with Crippen molar-refractivity contribution in [2.24, 2.45) is 0 Å². The molecule has 0 radical (unpaired) electrons. The summed E-state index contributed by atoms with van der Waals surface area (Å²) >= 11 is 6.02. The first-order valence-corrected chi connectivity index (χ1v) is 10.7. The number of hydrogen-bond donors (Lipinski definition) is 1. The number of carbonyl (C=O) groups is 1. The summed E-state index contributed by atoms with van der Waals surface area (Å²) in [5, 5.41) is 3.01. The number of para-hydroxylation sites is 1. The zero-order chi connectivity index (χ0) is 20.7. The van der Waals surface area contributed by atoms with Gasteiger partial charge >= 0.3 is 0 Å². The van der Waals surface area contributed by atoms with Gasteiger partial charge in [-0.05, 0) is 37.3 Å². The molecule has 0 heterocycles. The monoisotopic (exact) mass is 426 g/mol. The first kappa shape index (κ1) is 21.8. The fourth-order valence-corrected chi connectivity index (χ4v) is 3.96. The molecule has 0 saturated carbocycles. The molecular weight excluding hydrogens is 404 g/mol. The van der Waals surface area contributed by atoms with Crippen molar-refractivity contribution >= 4 is 33.2 Å². The summed E-state index contributed by atoms with van der Waals surface area (Å²) in [6.07, 6.45) is 1.02. The highest BCUT2D eigenvalue weighted by atomic mass is 35.5. The average molecular weight is 427 g/mol. The number of rotatable bonds is 9. The molecular formula is C19H23ClN2O5S. The van der Waals surface area contributed by atoms with Crippen molar-refractivity contribution in [3.05, 3.63) is 53.6 Å². The number of methoxy groups -OCH3 is 1. The van der Waals surface area contributed by atoms with E-state index in [0.29, 0.717) is 16.5 Å². The molecule has 0 aromatic heterocycles. The van der Waals surface area contributed by atoms with Crippen LogP contribution in [0.25, 0.3) is 0 Å². The third-order valence-electron chi connectivity index (χ3n) is 3.88. The highest BCUT2D eigenvalue weighted by molar-refractivity contribution is 7.92. The van der Waals surface area contributed by atoms with Crippen LogP contribution in [0.4, 0.5) is 5.69 Å². The van der Waals surface area contributed by atoms with E-state index >= 15 is 0 Å². The van der Waals surface area contributed by atoms with Crippen molar-refractivity contribution in [1.29, 1.82) is 0 Å². The van der Waals surface area contributed by atoms with Gasteiger partial charge in [-0.15, -0.1) is 0 Å². The SMILES string of the molecule is COc1ccc(Cl)cc1N(C(C)C(=O)NCCOc1ccccc1)S(C)(=O)=O. The van der Waals surface area contributed by atoms with E-state index in [9.17, 15) is 13.2 Å². The van der Waals surface area contributed by atoms with Crippen molar-refractivity contribution in [2.75, 3.05) is 30.8 Å². The first-order chi connectivity index (χ1) is 13.2. The smallest absolute Gasteiger partial charge is 0.243 e. The molecule has 0 aliphatic heterocycles. The molecule has 1 atom stereocenters. The van der Waals surface area contributed by atoms with Crippen LogP contribution in [0.3, 0.4) is 0 Å². The third-order valence-corrected chi connectivity index (χ3v) is 5.34. The van der Waals surface area contributed by atoms with Crippen LogP contribution >= 0.6 is 11.6 Å². The summed E-state index contributed by atoms with van der Waals surface area (Å²) in [5.41, 5.74) is 0.195. The maximum Gasteiger partial charge on any atom is 0.243 e. The van der Waals surface area contributed by atoms with Gasteiger partial charge in [-0.3, -0.25) is 9.10 Å². The Hall–Kier alpha value is -2.45. The van der Waals surface area contributed by atoms with E-state index in [1.807, 2.05) is 18.2 Å². The second-order valence-corrected chi connectivity index (χ2v) is 8.30. The lowest BCUT2D eigenvalue weighted by Crippen LogP contribution is -2.48. The zero-order valence-electron chi connectivity index (χ0n) is 15.9. The Kier molecular flexibility index (Phi) is 7.53. The molecule has 2 aromatic carbocycles. The van der Waals surface area contributed by atoms with Gasteiger partial charge in [-0.25, -0.2) is 8.42 Å². The lowest BCUT2D eigenvalue weighted by molar-refractivity contribution is -0.121.